The number of nitrogens with one attached hydrogen (secondary N) is 1. The first-order valence-corrected chi connectivity index (χ1v) is 12.5. The number of sulfonamides is 1. The quantitative estimate of drug-likeness (QED) is 0.403. The highest BCUT2D eigenvalue weighted by Crippen LogP contribution is 2.42. The van der Waals surface area contributed by atoms with Gasteiger partial charge < -0.3 is 4.42 Å². The van der Waals surface area contributed by atoms with Crippen LogP contribution in [0, 0.1) is 18.3 Å². The van der Waals surface area contributed by atoms with Crippen LogP contribution >= 0.6 is 0 Å². The Morgan fingerprint density at radius 3 is 2.69 bits per heavy atom. The summed E-state index contributed by atoms with van der Waals surface area (Å²) in [5, 5.41) is 1.80. The van der Waals surface area contributed by atoms with Crippen molar-refractivity contribution in [3.63, 3.8) is 0 Å². The third-order valence-corrected chi connectivity index (χ3v) is 8.14. The van der Waals surface area contributed by atoms with E-state index in [1.165, 1.54) is 5.56 Å². The average molecular weight is 449 g/mol. The summed E-state index contributed by atoms with van der Waals surface area (Å²) in [6.45, 7) is 8.75. The SMILES string of the molecule is Cc1cc2oc3c(c2cc1NS(=O)(=O)c1cccc2cccnc12)C[C@@H](C(C)(C)C)CC3. The van der Waals surface area contributed by atoms with E-state index in [1.807, 2.05) is 31.2 Å². The van der Waals surface area contributed by atoms with Crippen molar-refractivity contribution < 1.29 is 12.8 Å². The Balaban J connectivity index is 1.57. The summed E-state index contributed by atoms with van der Waals surface area (Å²) < 4.78 is 35.7. The molecule has 0 spiro atoms. The minimum Gasteiger partial charge on any atom is -0.461 e. The molecular formula is C26H28N2O3S. The van der Waals surface area contributed by atoms with E-state index in [-0.39, 0.29) is 10.3 Å². The van der Waals surface area contributed by atoms with Gasteiger partial charge in [0.15, 0.2) is 0 Å². The van der Waals surface area contributed by atoms with Crippen molar-refractivity contribution in [2.45, 2.75) is 51.9 Å². The van der Waals surface area contributed by atoms with Gasteiger partial charge >= 0.3 is 0 Å². The third kappa shape index (κ3) is 3.56. The second-order valence-electron chi connectivity index (χ2n) is 9.91. The molecule has 1 atom stereocenters. The highest BCUT2D eigenvalue weighted by molar-refractivity contribution is 7.93. The van der Waals surface area contributed by atoms with Crippen LogP contribution in [0.2, 0.25) is 0 Å². The van der Waals surface area contributed by atoms with Gasteiger partial charge in [-0.1, -0.05) is 39.0 Å². The highest BCUT2D eigenvalue weighted by Gasteiger charge is 2.32. The van der Waals surface area contributed by atoms with Crippen molar-refractivity contribution in [2.24, 2.45) is 11.3 Å². The fraction of sp³-hybridized carbons (Fsp3) is 0.346. The summed E-state index contributed by atoms with van der Waals surface area (Å²) in [4.78, 5) is 4.49. The van der Waals surface area contributed by atoms with Gasteiger partial charge in [-0.3, -0.25) is 9.71 Å². The second-order valence-corrected chi connectivity index (χ2v) is 11.6. The summed E-state index contributed by atoms with van der Waals surface area (Å²) in [5.74, 6) is 1.61. The van der Waals surface area contributed by atoms with E-state index in [4.69, 9.17) is 4.42 Å². The topological polar surface area (TPSA) is 72.2 Å². The largest absolute Gasteiger partial charge is 0.461 e. The fourth-order valence-electron chi connectivity index (χ4n) is 4.77. The maximum Gasteiger partial charge on any atom is 0.264 e. The van der Waals surface area contributed by atoms with Crippen LogP contribution in [0.5, 0.6) is 0 Å². The first-order chi connectivity index (χ1) is 15.1. The molecule has 0 amide bonds. The van der Waals surface area contributed by atoms with Crippen LogP contribution in [-0.4, -0.2) is 13.4 Å². The summed E-state index contributed by atoms with van der Waals surface area (Å²) in [7, 11) is -3.81. The minimum absolute atomic E-state index is 0.178. The molecule has 1 aliphatic carbocycles. The van der Waals surface area contributed by atoms with Crippen LogP contribution in [0.25, 0.3) is 21.9 Å². The predicted octanol–water partition coefficient (Wildman–Crippen LogP) is 6.24. The number of aryl methyl sites for hydroxylation is 2. The van der Waals surface area contributed by atoms with E-state index >= 15 is 0 Å². The van der Waals surface area contributed by atoms with Crippen LogP contribution in [0.1, 0.15) is 44.1 Å². The Morgan fingerprint density at radius 1 is 1.12 bits per heavy atom. The number of benzene rings is 2. The molecule has 0 fully saturated rings. The van der Waals surface area contributed by atoms with Gasteiger partial charge in [0.2, 0.25) is 0 Å². The average Bonchev–Trinajstić information content (AvgIpc) is 3.09. The van der Waals surface area contributed by atoms with Crippen molar-refractivity contribution in [1.82, 2.24) is 4.98 Å². The molecule has 0 radical (unpaired) electrons. The molecule has 2 aromatic heterocycles. The standard InChI is InChI=1S/C26H28N2O3S/c1-16-13-23-20(19-14-18(26(2,3)4)10-11-22(19)31-23)15-21(16)28-32(29,30)24-9-5-7-17-8-6-12-27-25(17)24/h5-9,12-13,15,18,28H,10-11,14H2,1-4H3/t18-/m0/s1. The molecular weight excluding hydrogens is 420 g/mol. The molecule has 5 nitrogen and oxygen atoms in total. The van der Waals surface area contributed by atoms with Gasteiger partial charge in [0, 0.05) is 29.0 Å². The van der Waals surface area contributed by atoms with E-state index in [0.717, 1.165) is 46.9 Å². The smallest absolute Gasteiger partial charge is 0.264 e. The summed E-state index contributed by atoms with van der Waals surface area (Å²) in [5.41, 5.74) is 4.14. The normalized spacial score (nSPS) is 16.9. The number of furan rings is 1. The van der Waals surface area contributed by atoms with Crippen LogP contribution in [-0.2, 0) is 22.9 Å². The molecule has 6 heteroatoms. The number of fused-ring (bicyclic) bond motifs is 4. The van der Waals surface area contributed by atoms with Crippen molar-refractivity contribution in [2.75, 3.05) is 4.72 Å². The van der Waals surface area contributed by atoms with Gasteiger partial charge in [0.25, 0.3) is 10.0 Å². The summed E-state index contributed by atoms with van der Waals surface area (Å²) >= 11 is 0. The molecule has 2 aromatic carbocycles. The number of hydrogen-bond acceptors (Lipinski definition) is 4. The van der Waals surface area contributed by atoms with E-state index < -0.39 is 10.0 Å². The van der Waals surface area contributed by atoms with Crippen molar-refractivity contribution in [1.29, 1.82) is 0 Å². The maximum absolute atomic E-state index is 13.3. The van der Waals surface area contributed by atoms with Gasteiger partial charge in [0.05, 0.1) is 11.2 Å². The first kappa shape index (κ1) is 21.0. The molecule has 0 bridgehead atoms. The molecule has 32 heavy (non-hydrogen) atoms. The molecule has 166 valence electrons. The second kappa shape index (κ2) is 7.34. The maximum atomic E-state index is 13.3. The molecule has 0 unspecified atom stereocenters. The van der Waals surface area contributed by atoms with Gasteiger partial charge in [-0.05, 0) is 60.9 Å². The zero-order chi connectivity index (χ0) is 22.7. The van der Waals surface area contributed by atoms with E-state index in [1.54, 1.807) is 24.4 Å². The zero-order valence-corrected chi connectivity index (χ0v) is 19.7. The van der Waals surface area contributed by atoms with Crippen LogP contribution in [0.3, 0.4) is 0 Å². The number of hydrogen-bond donors (Lipinski definition) is 1. The van der Waals surface area contributed by atoms with E-state index in [9.17, 15) is 8.42 Å². The molecule has 1 aliphatic rings. The third-order valence-electron chi connectivity index (χ3n) is 6.75. The Labute approximate surface area is 188 Å². The molecule has 0 saturated heterocycles. The fourth-order valence-corrected chi connectivity index (χ4v) is 6.07. The predicted molar refractivity (Wildman–Crippen MR) is 128 cm³/mol. The number of anilines is 1. The monoisotopic (exact) mass is 448 g/mol. The van der Waals surface area contributed by atoms with Crippen LogP contribution in [0.4, 0.5) is 5.69 Å². The number of nitrogens with zero attached hydrogens (tertiary/aromatic N) is 1. The Morgan fingerprint density at radius 2 is 1.91 bits per heavy atom. The Kier molecular flexibility index (Phi) is 4.82. The molecule has 2 heterocycles. The lowest BCUT2D eigenvalue weighted by atomic mass is 9.71. The number of aromatic nitrogens is 1. The highest BCUT2D eigenvalue weighted by atomic mass is 32.2. The zero-order valence-electron chi connectivity index (χ0n) is 18.9. The molecule has 1 N–H and O–H groups in total. The number of rotatable bonds is 3. The molecule has 0 aliphatic heterocycles. The van der Waals surface area contributed by atoms with Crippen molar-refractivity contribution in [3.8, 4) is 0 Å². The Hall–Kier alpha value is -2.86. The first-order valence-electron chi connectivity index (χ1n) is 11.0. The van der Waals surface area contributed by atoms with E-state index in [0.29, 0.717) is 17.1 Å². The molecule has 5 rings (SSSR count). The number of para-hydroxylation sites is 1. The minimum atomic E-state index is -3.81. The lowest BCUT2D eigenvalue weighted by molar-refractivity contribution is 0.210. The van der Waals surface area contributed by atoms with Gasteiger partial charge in [-0.15, -0.1) is 0 Å². The Bertz CT molecular complexity index is 1440. The lowest BCUT2D eigenvalue weighted by Gasteiger charge is -2.33. The molecule has 0 saturated carbocycles. The van der Waals surface area contributed by atoms with Crippen LogP contribution < -0.4 is 4.72 Å². The van der Waals surface area contributed by atoms with Crippen LogP contribution in [0.15, 0.2) is 58.0 Å². The summed E-state index contributed by atoms with van der Waals surface area (Å²) in [6.07, 6.45) is 4.60. The van der Waals surface area contributed by atoms with Crippen molar-refractivity contribution >= 4 is 37.6 Å². The molecule has 4 aromatic rings. The van der Waals surface area contributed by atoms with Crippen molar-refractivity contribution in [3.05, 3.63) is 65.5 Å². The lowest BCUT2D eigenvalue weighted by Crippen LogP contribution is -2.26. The number of pyridine rings is 1. The van der Waals surface area contributed by atoms with Gasteiger partial charge in [-0.25, -0.2) is 8.42 Å². The van der Waals surface area contributed by atoms with Gasteiger partial charge in [0.1, 0.15) is 16.2 Å². The summed E-state index contributed by atoms with van der Waals surface area (Å²) in [6, 6.07) is 12.8. The van der Waals surface area contributed by atoms with Gasteiger partial charge in [-0.2, -0.15) is 0 Å². The van der Waals surface area contributed by atoms with E-state index in [2.05, 4.69) is 30.5 Å².